The van der Waals surface area contributed by atoms with Gasteiger partial charge in [0.15, 0.2) is 0 Å². The maximum atomic E-state index is 12.3. The van der Waals surface area contributed by atoms with Crippen LogP contribution in [0.25, 0.3) is 0 Å². The van der Waals surface area contributed by atoms with E-state index in [1.807, 2.05) is 0 Å². The van der Waals surface area contributed by atoms with E-state index in [-0.39, 0.29) is 0 Å². The van der Waals surface area contributed by atoms with E-state index >= 15 is 0 Å². The quantitative estimate of drug-likeness (QED) is 0.598. The highest BCUT2D eigenvalue weighted by Gasteiger charge is 2.43. The van der Waals surface area contributed by atoms with Crippen LogP contribution in [0.4, 0.5) is 13.2 Å². The topological polar surface area (TPSA) is 29.5 Å². The predicted molar refractivity (Wildman–Crippen MR) is 53.7 cm³/mol. The summed E-state index contributed by atoms with van der Waals surface area (Å²) in [5.74, 6) is -0.974. The van der Waals surface area contributed by atoms with E-state index in [1.165, 1.54) is 6.08 Å². The third-order valence-corrected chi connectivity index (χ3v) is 2.78. The first-order valence-corrected chi connectivity index (χ1v) is 4.71. The third-order valence-electron chi connectivity index (χ3n) is 2.78. The number of rotatable bonds is 3. The van der Waals surface area contributed by atoms with Crippen molar-refractivity contribution in [2.75, 3.05) is 0 Å². The van der Waals surface area contributed by atoms with Crippen LogP contribution < -0.4 is 0 Å². The van der Waals surface area contributed by atoms with Crippen LogP contribution in [-0.4, -0.2) is 17.5 Å². The minimum atomic E-state index is -4.32. The summed E-state index contributed by atoms with van der Waals surface area (Å²) in [4.78, 5) is 4.12. The van der Waals surface area contributed by atoms with Crippen LogP contribution in [0.2, 0.25) is 0 Å². The minimum absolute atomic E-state index is 0.309. The molecule has 2 atom stereocenters. The van der Waals surface area contributed by atoms with Crippen molar-refractivity contribution < 1.29 is 23.3 Å². The molecule has 2 unspecified atom stereocenters. The van der Waals surface area contributed by atoms with Crippen LogP contribution in [-0.2, 0) is 4.89 Å². The lowest BCUT2D eigenvalue weighted by molar-refractivity contribution is -0.280. The van der Waals surface area contributed by atoms with Gasteiger partial charge in [0.2, 0.25) is 0 Å². The van der Waals surface area contributed by atoms with Crippen molar-refractivity contribution in [2.24, 2.45) is 5.92 Å². The Bertz CT molecular complexity index is 342. The molecule has 0 spiro atoms. The Morgan fingerprint density at radius 3 is 2.44 bits per heavy atom. The van der Waals surface area contributed by atoms with Crippen molar-refractivity contribution in [1.29, 1.82) is 0 Å². The summed E-state index contributed by atoms with van der Waals surface area (Å²) in [5.41, 5.74) is 1.37. The Balaban J connectivity index is 2.98. The molecule has 5 heteroatoms. The van der Waals surface area contributed by atoms with Gasteiger partial charge in [0.05, 0.1) is 6.42 Å². The molecule has 0 radical (unpaired) electrons. The van der Waals surface area contributed by atoms with Crippen LogP contribution in [0.1, 0.15) is 13.3 Å². The van der Waals surface area contributed by atoms with Gasteiger partial charge >= 0.3 is 6.18 Å². The number of halogens is 3. The molecule has 2 nitrogen and oxygen atoms in total. The fourth-order valence-electron chi connectivity index (χ4n) is 2.01. The summed E-state index contributed by atoms with van der Waals surface area (Å²) in [6.45, 7) is 8.70. The molecule has 1 aliphatic rings. The largest absolute Gasteiger partial charge is 0.389 e. The number of hydrogen-bond donors (Lipinski definition) is 1. The van der Waals surface area contributed by atoms with Gasteiger partial charge in [-0.25, -0.2) is 4.89 Å². The molecule has 0 heterocycles. The van der Waals surface area contributed by atoms with Crippen LogP contribution in [0.3, 0.4) is 0 Å². The average Bonchev–Trinajstić information content (AvgIpc) is 2.36. The summed E-state index contributed by atoms with van der Waals surface area (Å²) in [5, 5.41) is 8.66. The molecule has 0 amide bonds. The highest BCUT2D eigenvalue weighted by molar-refractivity contribution is 5.50. The Hall–Kier alpha value is -1.07. The summed E-state index contributed by atoms with van der Waals surface area (Å²) in [7, 11) is 0. The van der Waals surface area contributed by atoms with Gasteiger partial charge in [0, 0.05) is 5.92 Å². The second kappa shape index (κ2) is 4.43. The molecule has 0 bridgehead atoms. The van der Waals surface area contributed by atoms with E-state index in [0.29, 0.717) is 16.7 Å². The van der Waals surface area contributed by atoms with Crippen LogP contribution in [0, 0.1) is 5.92 Å². The first kappa shape index (κ1) is 13.0. The van der Waals surface area contributed by atoms with Crippen LogP contribution >= 0.6 is 0 Å². The molecule has 0 aromatic heterocycles. The normalized spacial score (nSPS) is 26.4. The van der Waals surface area contributed by atoms with Crippen molar-refractivity contribution in [3.8, 4) is 0 Å². The van der Waals surface area contributed by atoms with E-state index in [9.17, 15) is 13.2 Å². The van der Waals surface area contributed by atoms with E-state index in [0.717, 1.165) is 0 Å². The van der Waals surface area contributed by atoms with E-state index in [2.05, 4.69) is 18.0 Å². The number of hydrogen-bond acceptors (Lipinski definition) is 2. The van der Waals surface area contributed by atoms with Crippen molar-refractivity contribution >= 4 is 0 Å². The monoisotopic (exact) mass is 234 g/mol. The summed E-state index contributed by atoms with van der Waals surface area (Å²) < 4.78 is 37.0. The molecule has 0 aromatic rings. The van der Waals surface area contributed by atoms with Gasteiger partial charge in [-0.3, -0.25) is 5.26 Å². The van der Waals surface area contributed by atoms with Crippen molar-refractivity contribution in [3.05, 3.63) is 36.0 Å². The molecule has 0 aliphatic heterocycles. The second-order valence-electron chi connectivity index (χ2n) is 3.78. The van der Waals surface area contributed by atoms with Crippen LogP contribution in [0.15, 0.2) is 36.0 Å². The highest BCUT2D eigenvalue weighted by atomic mass is 19.4. The standard InChI is InChI=1S/C11H13F3O2/c1-4-8-6(2)9(5-11(12,13)14)10(16-15)7(8)3/h4,9-10,15H,1-2,5H2,3H3. The molecule has 0 saturated carbocycles. The van der Waals surface area contributed by atoms with Gasteiger partial charge in [0.25, 0.3) is 0 Å². The van der Waals surface area contributed by atoms with Gasteiger partial charge in [-0.05, 0) is 23.6 Å². The minimum Gasteiger partial charge on any atom is -0.251 e. The lowest BCUT2D eigenvalue weighted by Crippen LogP contribution is -2.26. The Morgan fingerprint density at radius 2 is 2.06 bits per heavy atom. The maximum absolute atomic E-state index is 12.3. The van der Waals surface area contributed by atoms with Gasteiger partial charge in [-0.2, -0.15) is 13.2 Å². The van der Waals surface area contributed by atoms with Crippen molar-refractivity contribution in [3.63, 3.8) is 0 Å². The van der Waals surface area contributed by atoms with Gasteiger partial charge in [0.1, 0.15) is 6.10 Å². The Kier molecular flexibility index (Phi) is 3.60. The van der Waals surface area contributed by atoms with Crippen LogP contribution in [0.5, 0.6) is 0 Å². The molecule has 1 aliphatic carbocycles. The van der Waals surface area contributed by atoms with Crippen molar-refractivity contribution in [2.45, 2.75) is 25.6 Å². The molecule has 0 saturated heterocycles. The fourth-order valence-corrected chi connectivity index (χ4v) is 2.01. The molecule has 1 N–H and O–H groups in total. The molecule has 90 valence electrons. The number of alkyl halides is 3. The molecule has 1 rings (SSSR count). The van der Waals surface area contributed by atoms with Gasteiger partial charge < -0.3 is 0 Å². The Labute approximate surface area is 91.6 Å². The lowest BCUT2D eigenvalue weighted by Gasteiger charge is -2.20. The third kappa shape index (κ3) is 2.36. The van der Waals surface area contributed by atoms with E-state index < -0.39 is 24.6 Å². The molecular formula is C11H13F3O2. The zero-order chi connectivity index (χ0) is 12.5. The first-order valence-electron chi connectivity index (χ1n) is 4.71. The lowest BCUT2D eigenvalue weighted by atomic mass is 9.94. The van der Waals surface area contributed by atoms with Gasteiger partial charge in [-0.1, -0.05) is 19.2 Å². The summed E-state index contributed by atoms with van der Waals surface area (Å²) >= 11 is 0. The highest BCUT2D eigenvalue weighted by Crippen LogP contribution is 2.43. The zero-order valence-corrected chi connectivity index (χ0v) is 8.84. The van der Waals surface area contributed by atoms with Crippen molar-refractivity contribution in [1.82, 2.24) is 0 Å². The summed E-state index contributed by atoms with van der Waals surface area (Å²) in [6.07, 6.45) is -4.94. The number of allylic oxidation sites excluding steroid dienone is 2. The zero-order valence-electron chi connectivity index (χ0n) is 8.84. The van der Waals surface area contributed by atoms with Gasteiger partial charge in [-0.15, -0.1) is 0 Å². The average molecular weight is 234 g/mol. The molecule has 16 heavy (non-hydrogen) atoms. The second-order valence-corrected chi connectivity index (χ2v) is 3.78. The maximum Gasteiger partial charge on any atom is 0.389 e. The fraction of sp³-hybridized carbons (Fsp3) is 0.455. The first-order chi connectivity index (χ1) is 7.31. The molecular weight excluding hydrogens is 221 g/mol. The van der Waals surface area contributed by atoms with E-state index in [4.69, 9.17) is 5.26 Å². The van der Waals surface area contributed by atoms with E-state index in [1.54, 1.807) is 6.92 Å². The predicted octanol–water partition coefficient (Wildman–Crippen LogP) is 3.49. The SMILES string of the molecule is C=CC1=C(C)C(OO)C(CC(F)(F)F)C1=C. The molecule has 0 fully saturated rings. The smallest absolute Gasteiger partial charge is 0.251 e. The summed E-state index contributed by atoms with van der Waals surface area (Å²) in [6, 6.07) is 0. The Morgan fingerprint density at radius 1 is 1.50 bits per heavy atom. The molecule has 0 aromatic carbocycles.